The van der Waals surface area contributed by atoms with Crippen molar-refractivity contribution in [1.82, 2.24) is 0 Å². The van der Waals surface area contributed by atoms with Crippen LogP contribution in [0.4, 0.5) is 39.8 Å². The van der Waals surface area contributed by atoms with Crippen LogP contribution in [0.2, 0.25) is 0 Å². The predicted octanol–water partition coefficient (Wildman–Crippen LogP) is 3.63. The summed E-state index contributed by atoms with van der Waals surface area (Å²) in [5, 5.41) is 9.52. The lowest BCUT2D eigenvalue weighted by Crippen LogP contribution is -2.03. The summed E-state index contributed by atoms with van der Waals surface area (Å²) in [7, 11) is -2.46. The van der Waals surface area contributed by atoms with E-state index in [4.69, 9.17) is 16.0 Å². The Morgan fingerprint density at radius 1 is 0.786 bits per heavy atom. The van der Waals surface area contributed by atoms with Crippen LogP contribution in [-0.2, 0) is 10.1 Å². The van der Waals surface area contributed by atoms with Gasteiger partial charge < -0.3 is 27.4 Å². The molecule has 8 nitrogen and oxygen atoms in total. The van der Waals surface area contributed by atoms with Crippen molar-refractivity contribution in [3.05, 3.63) is 60.7 Å². The Morgan fingerprint density at radius 3 is 1.86 bits per heavy atom. The molecule has 0 saturated carbocycles. The minimum Gasteiger partial charge on any atom is -0.399 e. The van der Waals surface area contributed by atoms with E-state index in [0.29, 0.717) is 22.7 Å². The molecule has 3 rings (SSSR count). The quantitative estimate of drug-likeness (QED) is 0.272. The van der Waals surface area contributed by atoms with Gasteiger partial charge in [0.05, 0.1) is 27.6 Å². The molecule has 0 aliphatic rings. The van der Waals surface area contributed by atoms with Crippen molar-refractivity contribution in [2.24, 2.45) is 0 Å². The maximum atomic E-state index is 11.2. The van der Waals surface area contributed by atoms with Crippen LogP contribution in [0.5, 0.6) is 0 Å². The van der Waals surface area contributed by atoms with Crippen molar-refractivity contribution in [3.8, 4) is 0 Å². The lowest BCUT2D eigenvalue weighted by molar-refractivity contribution is 0.483. The molecule has 0 radical (unpaired) electrons. The van der Waals surface area contributed by atoms with Crippen molar-refractivity contribution in [2.45, 2.75) is 4.90 Å². The van der Waals surface area contributed by atoms with Crippen molar-refractivity contribution < 1.29 is 13.0 Å². The summed E-state index contributed by atoms with van der Waals surface area (Å²) in [5.41, 5.74) is 16.8. The highest BCUT2D eigenvalue weighted by Crippen LogP contribution is 2.35. The van der Waals surface area contributed by atoms with Crippen LogP contribution >= 0.6 is 0 Å². The van der Waals surface area contributed by atoms with Gasteiger partial charge in [0.2, 0.25) is 0 Å². The molecular weight excluding hydrogens is 378 g/mol. The first-order valence-corrected chi connectivity index (χ1v) is 9.78. The Kier molecular flexibility index (Phi) is 5.30. The van der Waals surface area contributed by atoms with Gasteiger partial charge >= 0.3 is 0 Å². The first kappa shape index (κ1) is 19.3. The molecular formula is C19H21N5O3S. The van der Waals surface area contributed by atoms with Crippen LogP contribution in [0.15, 0.2) is 65.6 Å². The molecule has 3 aromatic rings. The van der Waals surface area contributed by atoms with Gasteiger partial charge in [0.15, 0.2) is 0 Å². The normalized spacial score (nSPS) is 11.1. The number of hydrogen-bond donors (Lipinski definition) is 6. The van der Waals surface area contributed by atoms with Gasteiger partial charge in [-0.05, 0) is 60.7 Å². The molecule has 8 N–H and O–H groups in total. The number of nitrogens with two attached hydrogens (primary N) is 2. The van der Waals surface area contributed by atoms with Crippen LogP contribution in [0.3, 0.4) is 0 Å². The number of anilines is 7. The summed E-state index contributed by atoms with van der Waals surface area (Å²) in [4.78, 5) is -0.171. The molecule has 0 atom stereocenters. The molecule has 146 valence electrons. The van der Waals surface area contributed by atoms with Crippen molar-refractivity contribution >= 4 is 49.9 Å². The fourth-order valence-electron chi connectivity index (χ4n) is 2.62. The van der Waals surface area contributed by atoms with E-state index in [-0.39, 0.29) is 4.90 Å². The largest absolute Gasteiger partial charge is 0.399 e. The van der Waals surface area contributed by atoms with Gasteiger partial charge in [-0.1, -0.05) is 0 Å². The lowest BCUT2D eigenvalue weighted by atomic mass is 10.1. The van der Waals surface area contributed by atoms with Gasteiger partial charge in [0, 0.05) is 24.1 Å². The van der Waals surface area contributed by atoms with E-state index in [2.05, 4.69) is 16.0 Å². The van der Waals surface area contributed by atoms with Crippen LogP contribution in [-0.4, -0.2) is 20.0 Å². The molecule has 0 aliphatic carbocycles. The minimum absolute atomic E-state index is 0.171. The molecule has 9 heteroatoms. The van der Waals surface area contributed by atoms with Gasteiger partial charge in [-0.15, -0.1) is 0 Å². The maximum absolute atomic E-state index is 11.2. The number of hydrogen-bond acceptors (Lipinski definition) is 7. The average Bonchev–Trinajstić information content (AvgIpc) is 2.65. The van der Waals surface area contributed by atoms with Gasteiger partial charge in [-0.3, -0.25) is 4.55 Å². The monoisotopic (exact) mass is 399 g/mol. The maximum Gasteiger partial charge on any atom is 0.294 e. The zero-order chi connectivity index (χ0) is 20.3. The van der Waals surface area contributed by atoms with E-state index in [9.17, 15) is 8.42 Å². The topological polar surface area (TPSA) is 142 Å². The van der Waals surface area contributed by atoms with Crippen molar-refractivity contribution in [2.75, 3.05) is 34.5 Å². The molecule has 0 saturated heterocycles. The fraction of sp³-hybridized carbons (Fsp3) is 0.0526. The second-order valence-electron chi connectivity index (χ2n) is 6.11. The lowest BCUT2D eigenvalue weighted by Gasteiger charge is -2.17. The Balaban J connectivity index is 1.90. The molecule has 28 heavy (non-hydrogen) atoms. The summed E-state index contributed by atoms with van der Waals surface area (Å²) in [6, 6.07) is 16.7. The summed E-state index contributed by atoms with van der Waals surface area (Å²) in [6.07, 6.45) is 0. The van der Waals surface area contributed by atoms with E-state index >= 15 is 0 Å². The zero-order valence-electron chi connectivity index (χ0n) is 15.1. The third-order valence-corrected chi connectivity index (χ3v) is 4.95. The SMILES string of the molecule is CNc1cc(N)c(Nc2ccc(N)cc2)cc1Nc1ccc(S(=O)(=O)O)cc1. The Bertz CT molecular complexity index is 1080. The van der Waals surface area contributed by atoms with Crippen LogP contribution < -0.4 is 27.4 Å². The second-order valence-corrected chi connectivity index (χ2v) is 7.53. The predicted molar refractivity (Wildman–Crippen MR) is 114 cm³/mol. The molecule has 0 spiro atoms. The van der Waals surface area contributed by atoms with Gasteiger partial charge in [-0.2, -0.15) is 8.42 Å². The molecule has 0 fully saturated rings. The fourth-order valence-corrected chi connectivity index (χ4v) is 3.10. The standard InChI is InChI=1S/C19H21N5O3S/c1-22-18-10-16(21)17(23-13-4-2-12(20)3-5-13)11-19(18)24-14-6-8-15(9-7-14)28(25,26)27/h2-11,22-24H,20-21H2,1H3,(H,25,26,27). The molecule has 3 aromatic carbocycles. The van der Waals surface area contributed by atoms with Gasteiger partial charge in [0.25, 0.3) is 10.1 Å². The summed E-state index contributed by atoms with van der Waals surface area (Å²) in [6.45, 7) is 0. The highest BCUT2D eigenvalue weighted by molar-refractivity contribution is 7.85. The minimum atomic E-state index is -4.23. The van der Waals surface area contributed by atoms with E-state index in [0.717, 1.165) is 17.1 Å². The number of benzene rings is 3. The van der Waals surface area contributed by atoms with Gasteiger partial charge in [0.1, 0.15) is 0 Å². The molecule has 0 aromatic heterocycles. The van der Waals surface area contributed by atoms with Crippen LogP contribution in [0.25, 0.3) is 0 Å². The summed E-state index contributed by atoms with van der Waals surface area (Å²) in [5.74, 6) is 0. The summed E-state index contributed by atoms with van der Waals surface area (Å²) < 4.78 is 31.4. The van der Waals surface area contributed by atoms with Crippen molar-refractivity contribution in [3.63, 3.8) is 0 Å². The first-order valence-electron chi connectivity index (χ1n) is 8.34. The number of rotatable bonds is 6. The third-order valence-electron chi connectivity index (χ3n) is 4.08. The Labute approximate surface area is 163 Å². The zero-order valence-corrected chi connectivity index (χ0v) is 15.9. The smallest absolute Gasteiger partial charge is 0.294 e. The summed E-state index contributed by atoms with van der Waals surface area (Å²) >= 11 is 0. The van der Waals surface area contributed by atoms with E-state index < -0.39 is 10.1 Å². The van der Waals surface area contributed by atoms with E-state index in [1.165, 1.54) is 12.1 Å². The Hall–Kier alpha value is -3.43. The van der Waals surface area contributed by atoms with E-state index in [1.54, 1.807) is 37.4 Å². The van der Waals surface area contributed by atoms with Crippen LogP contribution in [0.1, 0.15) is 0 Å². The van der Waals surface area contributed by atoms with Crippen LogP contribution in [0, 0.1) is 0 Å². The highest BCUT2D eigenvalue weighted by atomic mass is 32.2. The van der Waals surface area contributed by atoms with E-state index in [1.807, 2.05) is 18.2 Å². The second kappa shape index (κ2) is 7.67. The molecule has 0 bridgehead atoms. The molecule has 0 amide bonds. The average molecular weight is 399 g/mol. The number of nitrogen functional groups attached to an aromatic ring is 2. The highest BCUT2D eigenvalue weighted by Gasteiger charge is 2.11. The van der Waals surface area contributed by atoms with Crippen molar-refractivity contribution in [1.29, 1.82) is 0 Å². The molecule has 0 unspecified atom stereocenters. The third kappa shape index (κ3) is 4.45. The molecule has 0 heterocycles. The molecule has 0 aliphatic heterocycles. The Morgan fingerprint density at radius 2 is 1.32 bits per heavy atom. The van der Waals surface area contributed by atoms with Gasteiger partial charge in [-0.25, -0.2) is 0 Å². The number of nitrogens with one attached hydrogen (secondary N) is 3. The first-order chi connectivity index (χ1) is 13.3.